The lowest BCUT2D eigenvalue weighted by molar-refractivity contribution is 1.30. The number of hydrogen-bond donors (Lipinski definition) is 0. The Bertz CT molecular complexity index is 532. The van der Waals surface area contributed by atoms with Gasteiger partial charge >= 0.3 is 0 Å². The summed E-state index contributed by atoms with van der Waals surface area (Å²) in [6.07, 6.45) is 3.99. The number of thiocarbonyl (C=S) groups is 1. The maximum Gasteiger partial charge on any atom is 0.106 e. The van der Waals surface area contributed by atoms with Gasteiger partial charge in [-0.2, -0.15) is 0 Å². The summed E-state index contributed by atoms with van der Waals surface area (Å²) in [5.74, 6) is 0. The Morgan fingerprint density at radius 2 is 1.50 bits per heavy atom. The quantitative estimate of drug-likeness (QED) is 0.597. The van der Waals surface area contributed by atoms with Crippen molar-refractivity contribution >= 4 is 29.0 Å². The second-order valence-corrected chi connectivity index (χ2v) is 4.40. The molecule has 0 aliphatic carbocycles. The fourth-order valence-corrected chi connectivity index (χ4v) is 1.80. The van der Waals surface area contributed by atoms with E-state index in [1.54, 1.807) is 0 Å². The van der Waals surface area contributed by atoms with Crippen LogP contribution in [0.2, 0.25) is 0 Å². The van der Waals surface area contributed by atoms with Gasteiger partial charge in [0.2, 0.25) is 0 Å². The number of rotatable bonds is 3. The Morgan fingerprint density at radius 1 is 0.944 bits per heavy atom. The molecule has 90 valence electrons. The Labute approximate surface area is 113 Å². The van der Waals surface area contributed by atoms with Crippen LogP contribution in [0.3, 0.4) is 0 Å². The van der Waals surface area contributed by atoms with Crippen molar-refractivity contribution in [3.63, 3.8) is 0 Å². The van der Waals surface area contributed by atoms with Gasteiger partial charge in [-0.05, 0) is 23.8 Å². The second-order valence-electron chi connectivity index (χ2n) is 3.98. The van der Waals surface area contributed by atoms with Crippen LogP contribution in [0.15, 0.2) is 66.7 Å². The smallest absolute Gasteiger partial charge is 0.106 e. The first-order valence-electron chi connectivity index (χ1n) is 5.83. The van der Waals surface area contributed by atoms with E-state index >= 15 is 0 Å². The van der Waals surface area contributed by atoms with Crippen molar-refractivity contribution < 1.29 is 0 Å². The van der Waals surface area contributed by atoms with E-state index in [2.05, 4.69) is 12.1 Å². The summed E-state index contributed by atoms with van der Waals surface area (Å²) in [5, 5.41) is 0. The summed E-state index contributed by atoms with van der Waals surface area (Å²) in [6.45, 7) is 0. The van der Waals surface area contributed by atoms with Crippen molar-refractivity contribution in [3.05, 3.63) is 72.3 Å². The largest absolute Gasteiger partial charge is 0.336 e. The molecule has 0 aliphatic heterocycles. The Hall–Kier alpha value is -1.93. The van der Waals surface area contributed by atoms with E-state index in [0.29, 0.717) is 0 Å². The molecule has 0 amide bonds. The van der Waals surface area contributed by atoms with Crippen molar-refractivity contribution in [2.75, 3.05) is 11.9 Å². The topological polar surface area (TPSA) is 3.24 Å². The van der Waals surface area contributed by atoms with Gasteiger partial charge in [0.15, 0.2) is 0 Å². The van der Waals surface area contributed by atoms with Crippen LogP contribution < -0.4 is 4.90 Å². The van der Waals surface area contributed by atoms with Gasteiger partial charge in [-0.1, -0.05) is 66.8 Å². The Balaban J connectivity index is 2.07. The number of para-hydroxylation sites is 1. The zero-order valence-corrected chi connectivity index (χ0v) is 11.1. The van der Waals surface area contributed by atoms with Gasteiger partial charge in [-0.15, -0.1) is 0 Å². The fourth-order valence-electron chi connectivity index (χ4n) is 1.62. The standard InChI is InChI=1S/C16H15NS/c1-17(15-10-6-3-7-11-15)16(18)13-12-14-8-4-2-5-9-14/h2-13H,1H3/b13-12+. The molecule has 0 atom stereocenters. The molecule has 1 nitrogen and oxygen atoms in total. The summed E-state index contributed by atoms with van der Waals surface area (Å²) in [6, 6.07) is 20.3. The zero-order chi connectivity index (χ0) is 12.8. The molecule has 0 bridgehead atoms. The van der Waals surface area contributed by atoms with Gasteiger partial charge in [-0.3, -0.25) is 0 Å². The molecule has 0 aliphatic rings. The van der Waals surface area contributed by atoms with Crippen molar-refractivity contribution in [1.29, 1.82) is 0 Å². The second kappa shape index (κ2) is 6.12. The van der Waals surface area contributed by atoms with E-state index in [-0.39, 0.29) is 0 Å². The summed E-state index contributed by atoms with van der Waals surface area (Å²) in [4.78, 5) is 2.79. The average Bonchev–Trinajstić information content (AvgIpc) is 2.46. The first-order chi connectivity index (χ1) is 8.77. The highest BCUT2D eigenvalue weighted by atomic mass is 32.1. The van der Waals surface area contributed by atoms with E-state index in [0.717, 1.165) is 16.2 Å². The van der Waals surface area contributed by atoms with Gasteiger partial charge in [-0.25, -0.2) is 0 Å². The van der Waals surface area contributed by atoms with E-state index in [9.17, 15) is 0 Å². The Morgan fingerprint density at radius 3 is 2.11 bits per heavy atom. The summed E-state index contributed by atoms with van der Waals surface area (Å²) in [5.41, 5.74) is 2.25. The predicted octanol–water partition coefficient (Wildman–Crippen LogP) is 4.16. The highest BCUT2D eigenvalue weighted by Gasteiger charge is 2.02. The molecule has 0 spiro atoms. The lowest BCUT2D eigenvalue weighted by Crippen LogP contribution is -2.21. The summed E-state index contributed by atoms with van der Waals surface area (Å²) in [7, 11) is 1.98. The first-order valence-corrected chi connectivity index (χ1v) is 6.24. The third-order valence-electron chi connectivity index (χ3n) is 2.69. The molecule has 2 rings (SSSR count). The van der Waals surface area contributed by atoms with Gasteiger partial charge in [0, 0.05) is 12.7 Å². The van der Waals surface area contributed by atoms with Gasteiger partial charge in [0.1, 0.15) is 4.99 Å². The number of hydrogen-bond acceptors (Lipinski definition) is 1. The highest BCUT2D eigenvalue weighted by Crippen LogP contribution is 2.12. The third kappa shape index (κ3) is 3.28. The minimum absolute atomic E-state index is 0.796. The molecule has 0 fully saturated rings. The summed E-state index contributed by atoms with van der Waals surface area (Å²) < 4.78 is 0. The zero-order valence-electron chi connectivity index (χ0n) is 10.3. The molecule has 0 aromatic heterocycles. The minimum Gasteiger partial charge on any atom is -0.336 e. The maximum absolute atomic E-state index is 5.40. The maximum atomic E-state index is 5.40. The van der Waals surface area contributed by atoms with Crippen LogP contribution in [0, 0.1) is 0 Å². The molecule has 0 radical (unpaired) electrons. The van der Waals surface area contributed by atoms with Crippen LogP contribution in [0.4, 0.5) is 5.69 Å². The molecule has 2 aromatic carbocycles. The van der Waals surface area contributed by atoms with Crippen LogP contribution in [0.25, 0.3) is 6.08 Å². The molecule has 18 heavy (non-hydrogen) atoms. The van der Waals surface area contributed by atoms with Crippen molar-refractivity contribution in [2.24, 2.45) is 0 Å². The minimum atomic E-state index is 0.796. The number of benzene rings is 2. The summed E-state index contributed by atoms with van der Waals surface area (Å²) >= 11 is 5.40. The average molecular weight is 253 g/mol. The molecule has 0 saturated heterocycles. The van der Waals surface area contributed by atoms with Gasteiger partial charge in [0.05, 0.1) is 0 Å². The SMILES string of the molecule is CN(C(=S)/C=C/c1ccccc1)c1ccccc1. The molecular formula is C16H15NS. The molecule has 0 N–H and O–H groups in total. The molecule has 2 aromatic rings. The van der Waals surface area contributed by atoms with Crippen molar-refractivity contribution in [1.82, 2.24) is 0 Å². The van der Waals surface area contributed by atoms with E-state index in [1.807, 2.05) is 72.6 Å². The molecule has 0 unspecified atom stereocenters. The number of likely N-dealkylation sites (N-methyl/N-ethyl adjacent to an activating group) is 1. The monoisotopic (exact) mass is 253 g/mol. The van der Waals surface area contributed by atoms with Crippen molar-refractivity contribution in [3.8, 4) is 0 Å². The molecule has 0 saturated carbocycles. The predicted molar refractivity (Wildman–Crippen MR) is 82.9 cm³/mol. The third-order valence-corrected chi connectivity index (χ3v) is 3.10. The van der Waals surface area contributed by atoms with E-state index < -0.39 is 0 Å². The lowest BCUT2D eigenvalue weighted by atomic mass is 10.2. The van der Waals surface area contributed by atoms with Crippen LogP contribution in [0.5, 0.6) is 0 Å². The number of nitrogens with zero attached hydrogens (tertiary/aromatic N) is 1. The van der Waals surface area contributed by atoms with Crippen LogP contribution in [0.1, 0.15) is 5.56 Å². The van der Waals surface area contributed by atoms with Crippen LogP contribution in [-0.2, 0) is 0 Å². The molecule has 2 heteroatoms. The Kier molecular flexibility index (Phi) is 4.26. The molecule has 0 heterocycles. The van der Waals surface area contributed by atoms with E-state index in [1.165, 1.54) is 0 Å². The lowest BCUT2D eigenvalue weighted by Gasteiger charge is -2.17. The van der Waals surface area contributed by atoms with Crippen LogP contribution in [-0.4, -0.2) is 12.0 Å². The van der Waals surface area contributed by atoms with Gasteiger partial charge in [0.25, 0.3) is 0 Å². The highest BCUT2D eigenvalue weighted by molar-refractivity contribution is 7.81. The van der Waals surface area contributed by atoms with Gasteiger partial charge < -0.3 is 4.90 Å². The first kappa shape index (κ1) is 12.5. The van der Waals surface area contributed by atoms with Crippen molar-refractivity contribution in [2.45, 2.75) is 0 Å². The molecular weight excluding hydrogens is 238 g/mol. The van der Waals surface area contributed by atoms with E-state index in [4.69, 9.17) is 12.2 Å². The normalized spacial score (nSPS) is 10.5. The number of anilines is 1. The van der Waals surface area contributed by atoms with Crippen LogP contribution >= 0.6 is 12.2 Å². The fraction of sp³-hybridized carbons (Fsp3) is 0.0625.